The van der Waals surface area contributed by atoms with Crippen molar-refractivity contribution in [1.82, 2.24) is 0 Å². The number of hydrogen-bond acceptors (Lipinski definition) is 4. The van der Waals surface area contributed by atoms with E-state index in [0.29, 0.717) is 12.2 Å². The molecule has 2 aromatic carbocycles. The number of rotatable bonds is 34. The molecule has 2 rings (SSSR count). The Morgan fingerprint density at radius 3 is 1.20 bits per heavy atom. The van der Waals surface area contributed by atoms with Gasteiger partial charge in [0.25, 0.3) is 0 Å². The van der Waals surface area contributed by atoms with Gasteiger partial charge in [0, 0.05) is 0 Å². The standard InChI is InChI=1S/C47H78N2O2/c1-4-7-9-11-13-15-17-19-21-23-25-27-29-31-33-42-35-40-46(49-48-45-38-36-43(37-39-45)47(50)51-6-3)41-44(42)34-32-30-28-26-24-22-20-18-16-14-12-10-8-5-2/h35-41H,4-34H2,1-3H3. The van der Waals surface area contributed by atoms with Gasteiger partial charge < -0.3 is 4.74 Å². The van der Waals surface area contributed by atoms with Gasteiger partial charge in [-0.25, -0.2) is 4.79 Å². The lowest BCUT2D eigenvalue weighted by Crippen LogP contribution is -2.03. The Morgan fingerprint density at radius 2 is 0.784 bits per heavy atom. The van der Waals surface area contributed by atoms with Crippen LogP contribution in [0.4, 0.5) is 11.4 Å². The molecule has 0 aliphatic heterocycles. The summed E-state index contributed by atoms with van der Waals surface area (Å²) in [6, 6.07) is 13.9. The van der Waals surface area contributed by atoms with Crippen LogP contribution in [0, 0.1) is 0 Å². The Morgan fingerprint density at radius 1 is 0.431 bits per heavy atom. The summed E-state index contributed by atoms with van der Waals surface area (Å²) < 4.78 is 5.10. The molecule has 0 N–H and O–H groups in total. The minimum atomic E-state index is -0.302. The van der Waals surface area contributed by atoms with E-state index in [4.69, 9.17) is 4.74 Å². The molecule has 0 saturated heterocycles. The number of aryl methyl sites for hydroxylation is 2. The fourth-order valence-corrected chi connectivity index (χ4v) is 7.17. The van der Waals surface area contributed by atoms with Gasteiger partial charge in [-0.15, -0.1) is 0 Å². The molecular weight excluding hydrogens is 625 g/mol. The van der Waals surface area contributed by atoms with Gasteiger partial charge in [0.2, 0.25) is 0 Å². The lowest BCUT2D eigenvalue weighted by molar-refractivity contribution is 0.0526. The topological polar surface area (TPSA) is 51.0 Å². The summed E-state index contributed by atoms with van der Waals surface area (Å²) >= 11 is 0. The van der Waals surface area contributed by atoms with E-state index in [9.17, 15) is 4.79 Å². The second kappa shape index (κ2) is 32.2. The fourth-order valence-electron chi connectivity index (χ4n) is 7.17. The van der Waals surface area contributed by atoms with Crippen molar-refractivity contribution in [2.24, 2.45) is 10.2 Å². The van der Waals surface area contributed by atoms with E-state index in [0.717, 1.165) is 17.8 Å². The third-order valence-corrected chi connectivity index (χ3v) is 10.4. The van der Waals surface area contributed by atoms with E-state index in [2.05, 4.69) is 42.3 Å². The van der Waals surface area contributed by atoms with E-state index in [-0.39, 0.29) is 5.97 Å². The van der Waals surface area contributed by atoms with Crippen molar-refractivity contribution in [3.8, 4) is 0 Å². The van der Waals surface area contributed by atoms with Crippen LogP contribution in [0.25, 0.3) is 0 Å². The lowest BCUT2D eigenvalue weighted by Gasteiger charge is -2.11. The molecule has 0 fully saturated rings. The quantitative estimate of drug-likeness (QED) is 0.0414. The number of hydrogen-bond donors (Lipinski definition) is 0. The first-order valence-corrected chi connectivity index (χ1v) is 22.0. The molecule has 288 valence electrons. The minimum Gasteiger partial charge on any atom is -0.462 e. The highest BCUT2D eigenvalue weighted by molar-refractivity contribution is 5.89. The van der Waals surface area contributed by atoms with Gasteiger partial charge in [-0.1, -0.05) is 187 Å². The largest absolute Gasteiger partial charge is 0.462 e. The Kier molecular flexibility index (Phi) is 28.2. The lowest BCUT2D eigenvalue weighted by atomic mass is 9.95. The van der Waals surface area contributed by atoms with Crippen LogP contribution in [0.2, 0.25) is 0 Å². The third-order valence-electron chi connectivity index (χ3n) is 10.4. The number of carbonyl (C=O) groups excluding carboxylic acids is 1. The Balaban J connectivity index is 1.75. The maximum absolute atomic E-state index is 12.0. The first-order valence-electron chi connectivity index (χ1n) is 22.0. The molecule has 0 saturated carbocycles. The molecular formula is C47H78N2O2. The molecule has 51 heavy (non-hydrogen) atoms. The number of azo groups is 1. The van der Waals surface area contributed by atoms with E-state index < -0.39 is 0 Å². The van der Waals surface area contributed by atoms with Crippen LogP contribution < -0.4 is 0 Å². The first kappa shape index (κ1) is 44.7. The smallest absolute Gasteiger partial charge is 0.338 e. The first-order chi connectivity index (χ1) is 25.2. The summed E-state index contributed by atoms with van der Waals surface area (Å²) in [5.41, 5.74) is 5.15. The average Bonchev–Trinajstić information content (AvgIpc) is 3.15. The van der Waals surface area contributed by atoms with Crippen LogP contribution >= 0.6 is 0 Å². The monoisotopic (exact) mass is 703 g/mol. The number of benzene rings is 2. The number of unbranched alkanes of at least 4 members (excludes halogenated alkanes) is 26. The van der Waals surface area contributed by atoms with Crippen LogP contribution in [0.1, 0.15) is 222 Å². The predicted molar refractivity (Wildman–Crippen MR) is 221 cm³/mol. The zero-order valence-electron chi connectivity index (χ0n) is 33.7. The van der Waals surface area contributed by atoms with Gasteiger partial charge in [0.15, 0.2) is 0 Å². The Hall–Kier alpha value is -2.49. The van der Waals surface area contributed by atoms with Gasteiger partial charge in [-0.2, -0.15) is 10.2 Å². The molecule has 4 nitrogen and oxygen atoms in total. The molecule has 0 heterocycles. The normalized spacial score (nSPS) is 11.5. The van der Waals surface area contributed by atoms with Gasteiger partial charge >= 0.3 is 5.97 Å². The van der Waals surface area contributed by atoms with Crippen molar-refractivity contribution in [3.05, 3.63) is 59.2 Å². The Labute approximate surface area is 315 Å². The number of carbonyl (C=O) groups is 1. The molecule has 2 aromatic rings. The van der Waals surface area contributed by atoms with Crippen LogP contribution in [-0.2, 0) is 17.6 Å². The zero-order chi connectivity index (χ0) is 36.5. The molecule has 0 aliphatic rings. The van der Waals surface area contributed by atoms with Crippen molar-refractivity contribution < 1.29 is 9.53 Å². The summed E-state index contributed by atoms with van der Waals surface area (Å²) in [5.74, 6) is -0.302. The molecule has 4 heteroatoms. The zero-order valence-corrected chi connectivity index (χ0v) is 33.7. The summed E-state index contributed by atoms with van der Waals surface area (Å²) in [6.07, 6.45) is 41.3. The van der Waals surface area contributed by atoms with Crippen molar-refractivity contribution >= 4 is 17.3 Å². The molecule has 0 spiro atoms. The second-order valence-electron chi connectivity index (χ2n) is 15.1. The minimum absolute atomic E-state index is 0.302. The number of nitrogens with zero attached hydrogens (tertiary/aromatic N) is 2. The predicted octanol–water partition coefficient (Wildman–Crippen LogP) is 16.3. The van der Waals surface area contributed by atoms with Gasteiger partial charge in [-0.3, -0.25) is 0 Å². The van der Waals surface area contributed by atoms with Crippen molar-refractivity contribution in [2.45, 2.75) is 213 Å². The summed E-state index contributed by atoms with van der Waals surface area (Å²) in [5, 5.41) is 9.07. The number of ether oxygens (including phenoxy) is 1. The highest BCUT2D eigenvalue weighted by atomic mass is 16.5. The maximum atomic E-state index is 12.0. The molecule has 0 atom stereocenters. The van der Waals surface area contributed by atoms with E-state index in [1.807, 2.05) is 19.1 Å². The van der Waals surface area contributed by atoms with Crippen LogP contribution in [0.5, 0.6) is 0 Å². The van der Waals surface area contributed by atoms with Crippen LogP contribution in [0.3, 0.4) is 0 Å². The summed E-state index contributed by atoms with van der Waals surface area (Å²) in [4.78, 5) is 12.0. The Bertz CT molecular complexity index is 1130. The van der Waals surface area contributed by atoms with Crippen molar-refractivity contribution in [2.75, 3.05) is 6.61 Å². The second-order valence-corrected chi connectivity index (χ2v) is 15.1. The van der Waals surface area contributed by atoms with Gasteiger partial charge in [-0.05, 0) is 80.1 Å². The van der Waals surface area contributed by atoms with Gasteiger partial charge in [0.05, 0.1) is 23.5 Å². The van der Waals surface area contributed by atoms with E-state index >= 15 is 0 Å². The van der Waals surface area contributed by atoms with E-state index in [1.54, 1.807) is 12.1 Å². The molecule has 0 amide bonds. The molecule has 0 bridgehead atoms. The highest BCUT2D eigenvalue weighted by Crippen LogP contribution is 2.26. The molecule has 0 unspecified atom stereocenters. The molecule has 0 aliphatic carbocycles. The number of esters is 1. The summed E-state index contributed by atoms with van der Waals surface area (Å²) in [6.45, 7) is 6.78. The highest BCUT2D eigenvalue weighted by Gasteiger charge is 2.07. The summed E-state index contributed by atoms with van der Waals surface area (Å²) in [7, 11) is 0. The average molecular weight is 703 g/mol. The van der Waals surface area contributed by atoms with Crippen LogP contribution in [-0.4, -0.2) is 12.6 Å². The molecule has 0 aromatic heterocycles. The fraction of sp³-hybridized carbons (Fsp3) is 0.723. The SMILES string of the molecule is CCCCCCCCCCCCCCCCc1ccc(N=Nc2ccc(C(=O)OCC)cc2)cc1CCCCCCCCCCCCCCCC. The van der Waals surface area contributed by atoms with Crippen LogP contribution in [0.15, 0.2) is 52.7 Å². The van der Waals surface area contributed by atoms with Crippen molar-refractivity contribution in [3.63, 3.8) is 0 Å². The van der Waals surface area contributed by atoms with Gasteiger partial charge in [0.1, 0.15) is 0 Å². The maximum Gasteiger partial charge on any atom is 0.338 e. The third kappa shape index (κ3) is 23.6. The van der Waals surface area contributed by atoms with E-state index in [1.165, 1.54) is 197 Å². The molecule has 0 radical (unpaired) electrons. The van der Waals surface area contributed by atoms with Crippen molar-refractivity contribution in [1.29, 1.82) is 0 Å².